The first-order valence-corrected chi connectivity index (χ1v) is 9.67. The lowest BCUT2D eigenvalue weighted by Gasteiger charge is -2.03. The Hall–Kier alpha value is -2.74. The molecule has 3 aromatic rings. The van der Waals surface area contributed by atoms with Crippen LogP contribution in [0.4, 0.5) is 8.78 Å². The second-order valence-electron chi connectivity index (χ2n) is 5.93. The lowest BCUT2D eigenvalue weighted by Crippen LogP contribution is -2.02. The maximum atomic E-state index is 12.3. The average molecular weight is 404 g/mol. The van der Waals surface area contributed by atoms with Gasteiger partial charge in [0.2, 0.25) is 5.89 Å². The summed E-state index contributed by atoms with van der Waals surface area (Å²) in [4.78, 5) is 12.3. The molecule has 0 radical (unpaired) electrons. The molecule has 1 aromatic heterocycles. The quantitative estimate of drug-likeness (QED) is 0.358. The van der Waals surface area contributed by atoms with E-state index in [9.17, 15) is 13.6 Å². The predicted octanol–water partition coefficient (Wildman–Crippen LogP) is 5.27. The van der Waals surface area contributed by atoms with Gasteiger partial charge in [-0.15, -0.1) is 10.2 Å². The van der Waals surface area contributed by atoms with Crippen LogP contribution in [-0.4, -0.2) is 28.3 Å². The third-order valence-electron chi connectivity index (χ3n) is 3.87. The van der Waals surface area contributed by atoms with Gasteiger partial charge in [-0.1, -0.05) is 49.4 Å². The number of alkyl halides is 2. The SMILES string of the molecule is CCCc1ccc(C(=O)CSc2nnc(-c3ccc(OC(F)F)cc3)o2)cc1. The van der Waals surface area contributed by atoms with Gasteiger partial charge in [-0.3, -0.25) is 4.79 Å². The number of carbonyl (C=O) groups excluding carboxylic acids is 1. The van der Waals surface area contributed by atoms with Crippen LogP contribution in [0.1, 0.15) is 29.3 Å². The number of aryl methyl sites for hydroxylation is 1. The number of hydrogen-bond acceptors (Lipinski definition) is 6. The molecule has 5 nitrogen and oxygen atoms in total. The highest BCUT2D eigenvalue weighted by molar-refractivity contribution is 7.99. The first kappa shape index (κ1) is 20.0. The molecule has 0 saturated carbocycles. The van der Waals surface area contributed by atoms with Gasteiger partial charge in [0.05, 0.1) is 5.75 Å². The van der Waals surface area contributed by atoms with E-state index in [1.54, 1.807) is 12.1 Å². The van der Waals surface area contributed by atoms with Crippen molar-refractivity contribution in [2.24, 2.45) is 0 Å². The highest BCUT2D eigenvalue weighted by Crippen LogP contribution is 2.26. The van der Waals surface area contributed by atoms with Gasteiger partial charge in [-0.25, -0.2) is 0 Å². The van der Waals surface area contributed by atoms with Crippen LogP contribution in [0.15, 0.2) is 58.2 Å². The molecule has 0 bridgehead atoms. The molecule has 0 fully saturated rings. The van der Waals surface area contributed by atoms with E-state index in [0.717, 1.165) is 24.6 Å². The summed E-state index contributed by atoms with van der Waals surface area (Å²) in [6.45, 7) is -0.766. The van der Waals surface area contributed by atoms with Gasteiger partial charge >= 0.3 is 6.61 Å². The monoisotopic (exact) mass is 404 g/mol. The second-order valence-corrected chi connectivity index (χ2v) is 6.86. The Bertz CT molecular complexity index is 912. The maximum absolute atomic E-state index is 12.3. The fourth-order valence-electron chi connectivity index (χ4n) is 2.52. The Labute approximate surface area is 165 Å². The van der Waals surface area contributed by atoms with Crippen molar-refractivity contribution in [2.45, 2.75) is 31.6 Å². The lowest BCUT2D eigenvalue weighted by molar-refractivity contribution is -0.0498. The van der Waals surface area contributed by atoms with Gasteiger partial charge in [0, 0.05) is 11.1 Å². The third kappa shape index (κ3) is 5.39. The Balaban J connectivity index is 1.57. The van der Waals surface area contributed by atoms with Crippen molar-refractivity contribution in [3.05, 3.63) is 59.7 Å². The van der Waals surface area contributed by atoms with Gasteiger partial charge in [0.1, 0.15) is 5.75 Å². The van der Waals surface area contributed by atoms with E-state index in [2.05, 4.69) is 21.9 Å². The second kappa shape index (κ2) is 9.45. The zero-order valence-corrected chi connectivity index (χ0v) is 15.9. The van der Waals surface area contributed by atoms with E-state index in [-0.39, 0.29) is 28.4 Å². The largest absolute Gasteiger partial charge is 0.435 e. The van der Waals surface area contributed by atoms with Crippen molar-refractivity contribution < 1.29 is 22.7 Å². The summed E-state index contributed by atoms with van der Waals surface area (Å²) in [6.07, 6.45) is 2.05. The van der Waals surface area contributed by atoms with Crippen molar-refractivity contribution in [3.8, 4) is 17.2 Å². The number of benzene rings is 2. The zero-order chi connectivity index (χ0) is 19.9. The molecule has 0 aliphatic heterocycles. The molecule has 3 rings (SSSR count). The molecule has 0 amide bonds. The number of hydrogen-bond donors (Lipinski definition) is 0. The standard InChI is InChI=1S/C20H18F2N2O3S/c1-2-3-13-4-6-14(7-5-13)17(25)12-28-20-24-23-18(27-20)15-8-10-16(11-9-15)26-19(21)22/h4-11,19H,2-3,12H2,1H3. The van der Waals surface area contributed by atoms with Crippen LogP contribution in [0.25, 0.3) is 11.5 Å². The van der Waals surface area contributed by atoms with E-state index in [1.165, 1.54) is 17.7 Å². The number of thioether (sulfide) groups is 1. The zero-order valence-electron chi connectivity index (χ0n) is 15.1. The summed E-state index contributed by atoms with van der Waals surface area (Å²) >= 11 is 1.15. The molecule has 0 saturated heterocycles. The predicted molar refractivity (Wildman–Crippen MR) is 102 cm³/mol. The lowest BCUT2D eigenvalue weighted by atomic mass is 10.1. The molecular formula is C20H18F2N2O3S. The summed E-state index contributed by atoms with van der Waals surface area (Å²) in [5.74, 6) is 0.433. The number of nitrogens with zero attached hydrogens (tertiary/aromatic N) is 2. The first-order chi connectivity index (χ1) is 13.5. The number of carbonyl (C=O) groups is 1. The summed E-state index contributed by atoms with van der Waals surface area (Å²) < 4.78 is 34.2. The number of aromatic nitrogens is 2. The van der Waals surface area contributed by atoms with Crippen molar-refractivity contribution in [1.82, 2.24) is 10.2 Å². The topological polar surface area (TPSA) is 65.2 Å². The normalized spacial score (nSPS) is 11.0. The number of Topliss-reactive ketones (excluding diaryl/α,β-unsaturated/α-hetero) is 1. The number of halogens is 2. The maximum Gasteiger partial charge on any atom is 0.387 e. The van der Waals surface area contributed by atoms with Crippen molar-refractivity contribution >= 4 is 17.5 Å². The number of ketones is 1. The summed E-state index contributed by atoms with van der Waals surface area (Å²) in [7, 11) is 0. The van der Waals surface area contributed by atoms with Gasteiger partial charge in [-0.05, 0) is 36.2 Å². The molecule has 28 heavy (non-hydrogen) atoms. The van der Waals surface area contributed by atoms with E-state index in [1.807, 2.05) is 24.3 Å². The molecule has 0 aliphatic rings. The van der Waals surface area contributed by atoms with E-state index < -0.39 is 6.61 Å². The van der Waals surface area contributed by atoms with Crippen molar-refractivity contribution in [3.63, 3.8) is 0 Å². The van der Waals surface area contributed by atoms with Crippen molar-refractivity contribution in [2.75, 3.05) is 5.75 Å². The summed E-state index contributed by atoms with van der Waals surface area (Å²) in [5.41, 5.74) is 2.42. The highest BCUT2D eigenvalue weighted by Gasteiger charge is 2.13. The van der Waals surface area contributed by atoms with Crippen LogP contribution < -0.4 is 4.74 Å². The number of rotatable bonds is 9. The minimum Gasteiger partial charge on any atom is -0.435 e. The fraction of sp³-hybridized carbons (Fsp3) is 0.250. The Kier molecular flexibility index (Phi) is 6.76. The van der Waals surface area contributed by atoms with Crippen molar-refractivity contribution in [1.29, 1.82) is 0 Å². The third-order valence-corrected chi connectivity index (χ3v) is 4.69. The average Bonchev–Trinajstić information content (AvgIpc) is 3.16. The molecular weight excluding hydrogens is 386 g/mol. The van der Waals surface area contributed by atoms with Gasteiger partial charge in [0.25, 0.3) is 5.22 Å². The molecule has 0 spiro atoms. The van der Waals surface area contributed by atoms with Crippen LogP contribution in [0.5, 0.6) is 5.75 Å². The molecule has 0 unspecified atom stereocenters. The van der Waals surface area contributed by atoms with Gasteiger partial charge in [0.15, 0.2) is 5.78 Å². The molecule has 1 heterocycles. The molecule has 146 valence electrons. The smallest absolute Gasteiger partial charge is 0.387 e. The number of ether oxygens (including phenoxy) is 1. The van der Waals surface area contributed by atoms with E-state index in [0.29, 0.717) is 11.1 Å². The minimum atomic E-state index is -2.88. The summed E-state index contributed by atoms with van der Waals surface area (Å²) in [6, 6.07) is 13.5. The fourth-order valence-corrected chi connectivity index (χ4v) is 3.18. The van der Waals surface area contributed by atoms with Crippen LogP contribution >= 0.6 is 11.8 Å². The van der Waals surface area contributed by atoms with Crippen LogP contribution in [0.3, 0.4) is 0 Å². The minimum absolute atomic E-state index is 0.0266. The van der Waals surface area contributed by atoms with Crippen LogP contribution in [0, 0.1) is 0 Å². The molecule has 0 N–H and O–H groups in total. The molecule has 2 aromatic carbocycles. The van der Waals surface area contributed by atoms with Gasteiger partial charge < -0.3 is 9.15 Å². The van der Waals surface area contributed by atoms with Crippen LogP contribution in [-0.2, 0) is 6.42 Å². The molecule has 8 heteroatoms. The first-order valence-electron chi connectivity index (χ1n) is 8.69. The van der Waals surface area contributed by atoms with E-state index >= 15 is 0 Å². The highest BCUT2D eigenvalue weighted by atomic mass is 32.2. The Morgan fingerprint density at radius 2 is 1.82 bits per heavy atom. The molecule has 0 atom stereocenters. The van der Waals surface area contributed by atoms with Crippen LogP contribution in [0.2, 0.25) is 0 Å². The Morgan fingerprint density at radius 3 is 2.46 bits per heavy atom. The molecule has 0 aliphatic carbocycles. The Morgan fingerprint density at radius 1 is 1.11 bits per heavy atom. The summed E-state index contributed by atoms with van der Waals surface area (Å²) in [5, 5.41) is 8.10. The van der Waals surface area contributed by atoms with E-state index in [4.69, 9.17) is 4.42 Å². The van der Waals surface area contributed by atoms with Gasteiger partial charge in [-0.2, -0.15) is 8.78 Å².